The second kappa shape index (κ2) is 5.42. The molecule has 0 aliphatic rings. The number of rotatable bonds is 4. The first-order valence-corrected chi connectivity index (χ1v) is 5.54. The minimum absolute atomic E-state index is 0.359. The molecule has 0 saturated carbocycles. The van der Waals surface area contributed by atoms with Gasteiger partial charge in [0, 0.05) is 6.42 Å². The van der Waals surface area contributed by atoms with Gasteiger partial charge in [0.05, 0.1) is 30.3 Å². The molecule has 0 aliphatic heterocycles. The van der Waals surface area contributed by atoms with Crippen molar-refractivity contribution in [1.29, 1.82) is 0 Å². The maximum Gasteiger partial charge on any atom is 0.337 e. The Balaban J connectivity index is 2.28. The zero-order valence-electron chi connectivity index (χ0n) is 10.0. The third kappa shape index (κ3) is 2.38. The van der Waals surface area contributed by atoms with E-state index < -0.39 is 0 Å². The van der Waals surface area contributed by atoms with E-state index in [1.54, 1.807) is 35.1 Å². The van der Waals surface area contributed by atoms with Gasteiger partial charge >= 0.3 is 5.97 Å². The zero-order valence-corrected chi connectivity index (χ0v) is 10.0. The van der Waals surface area contributed by atoms with E-state index in [-0.39, 0.29) is 5.97 Å². The number of carbonyl (C=O) groups is 1. The molecule has 0 atom stereocenters. The minimum Gasteiger partial charge on any atom is -0.465 e. The van der Waals surface area contributed by atoms with Crippen LogP contribution in [-0.4, -0.2) is 34.6 Å². The van der Waals surface area contributed by atoms with Gasteiger partial charge in [-0.25, -0.2) is 9.48 Å². The number of nitrogens with zero attached hydrogens (tertiary/aromatic N) is 3. The van der Waals surface area contributed by atoms with E-state index in [4.69, 9.17) is 5.73 Å². The Kier molecular flexibility index (Phi) is 3.69. The average Bonchev–Trinajstić information content (AvgIpc) is 2.87. The summed E-state index contributed by atoms with van der Waals surface area (Å²) in [5, 5.41) is 7.85. The third-order valence-corrected chi connectivity index (χ3v) is 2.55. The van der Waals surface area contributed by atoms with Crippen molar-refractivity contribution in [1.82, 2.24) is 15.0 Å². The third-order valence-electron chi connectivity index (χ3n) is 2.55. The SMILES string of the molecule is COC(=O)c1ccc(-n2nncc2CCN)cc1. The lowest BCUT2D eigenvalue weighted by Crippen LogP contribution is -2.09. The summed E-state index contributed by atoms with van der Waals surface area (Å²) in [5.74, 6) is -0.359. The zero-order chi connectivity index (χ0) is 13.0. The van der Waals surface area contributed by atoms with Crippen LogP contribution in [-0.2, 0) is 11.2 Å². The van der Waals surface area contributed by atoms with Gasteiger partial charge in [0.2, 0.25) is 0 Å². The van der Waals surface area contributed by atoms with Crippen LogP contribution < -0.4 is 5.73 Å². The monoisotopic (exact) mass is 246 g/mol. The van der Waals surface area contributed by atoms with Crippen molar-refractivity contribution in [3.8, 4) is 5.69 Å². The van der Waals surface area contributed by atoms with Crippen LogP contribution in [0.3, 0.4) is 0 Å². The van der Waals surface area contributed by atoms with Crippen molar-refractivity contribution >= 4 is 5.97 Å². The molecule has 94 valence electrons. The molecule has 1 aromatic carbocycles. The number of benzene rings is 1. The minimum atomic E-state index is -0.359. The Morgan fingerprint density at radius 2 is 2.11 bits per heavy atom. The first-order chi connectivity index (χ1) is 8.76. The largest absolute Gasteiger partial charge is 0.465 e. The van der Waals surface area contributed by atoms with Crippen molar-refractivity contribution in [2.24, 2.45) is 5.73 Å². The second-order valence-corrected chi connectivity index (χ2v) is 3.71. The lowest BCUT2D eigenvalue weighted by atomic mass is 10.2. The fourth-order valence-corrected chi connectivity index (χ4v) is 1.65. The number of aromatic nitrogens is 3. The van der Waals surface area contributed by atoms with Gasteiger partial charge in [-0.1, -0.05) is 5.21 Å². The maximum absolute atomic E-state index is 11.3. The molecule has 2 rings (SSSR count). The Hall–Kier alpha value is -2.21. The molecule has 2 aromatic rings. The molecule has 0 saturated heterocycles. The van der Waals surface area contributed by atoms with E-state index in [2.05, 4.69) is 15.0 Å². The molecule has 0 unspecified atom stereocenters. The molecule has 1 aromatic heterocycles. The highest BCUT2D eigenvalue weighted by Crippen LogP contribution is 2.11. The van der Waals surface area contributed by atoms with Gasteiger partial charge in [0.25, 0.3) is 0 Å². The predicted molar refractivity (Wildman–Crippen MR) is 65.5 cm³/mol. The highest BCUT2D eigenvalue weighted by Gasteiger charge is 2.08. The van der Waals surface area contributed by atoms with Gasteiger partial charge in [-0.15, -0.1) is 5.10 Å². The van der Waals surface area contributed by atoms with E-state index in [0.717, 1.165) is 11.4 Å². The molecular formula is C12H14N4O2. The lowest BCUT2D eigenvalue weighted by molar-refractivity contribution is 0.0601. The molecule has 18 heavy (non-hydrogen) atoms. The van der Waals surface area contributed by atoms with Crippen LogP contribution in [0.4, 0.5) is 0 Å². The summed E-state index contributed by atoms with van der Waals surface area (Å²) >= 11 is 0. The molecule has 0 aliphatic carbocycles. The van der Waals surface area contributed by atoms with Gasteiger partial charge < -0.3 is 10.5 Å². The quantitative estimate of drug-likeness (QED) is 0.797. The van der Waals surface area contributed by atoms with E-state index >= 15 is 0 Å². The lowest BCUT2D eigenvalue weighted by Gasteiger charge is -2.06. The summed E-state index contributed by atoms with van der Waals surface area (Å²) in [7, 11) is 1.35. The Morgan fingerprint density at radius 1 is 1.39 bits per heavy atom. The Labute approximate surface area is 104 Å². The van der Waals surface area contributed by atoms with Crippen LogP contribution in [0.25, 0.3) is 5.69 Å². The number of esters is 1. The normalized spacial score (nSPS) is 10.3. The Bertz CT molecular complexity index is 533. The van der Waals surface area contributed by atoms with Crippen LogP contribution in [0.1, 0.15) is 16.1 Å². The summed E-state index contributed by atoms with van der Waals surface area (Å²) in [5.41, 5.74) is 7.79. The fraction of sp³-hybridized carbons (Fsp3) is 0.250. The summed E-state index contributed by atoms with van der Waals surface area (Å²) in [4.78, 5) is 11.3. The van der Waals surface area contributed by atoms with Crippen LogP contribution in [0.2, 0.25) is 0 Å². The number of ether oxygens (including phenoxy) is 1. The molecule has 1 heterocycles. The molecule has 2 N–H and O–H groups in total. The standard InChI is InChI=1S/C12H14N4O2/c1-18-12(17)9-2-4-10(5-3-9)16-11(6-7-13)8-14-15-16/h2-5,8H,6-7,13H2,1H3. The van der Waals surface area contributed by atoms with Crippen LogP contribution in [0.15, 0.2) is 30.5 Å². The smallest absolute Gasteiger partial charge is 0.337 e. The maximum atomic E-state index is 11.3. The molecule has 0 fully saturated rings. The molecule has 0 amide bonds. The summed E-state index contributed by atoms with van der Waals surface area (Å²) in [6.07, 6.45) is 2.38. The number of nitrogens with two attached hydrogens (primary N) is 1. The van der Waals surface area contributed by atoms with Gasteiger partial charge in [0.1, 0.15) is 0 Å². The van der Waals surface area contributed by atoms with E-state index in [9.17, 15) is 4.79 Å². The van der Waals surface area contributed by atoms with Crippen molar-refractivity contribution in [2.45, 2.75) is 6.42 Å². The van der Waals surface area contributed by atoms with Gasteiger partial charge in [-0.3, -0.25) is 0 Å². The number of methoxy groups -OCH3 is 1. The summed E-state index contributed by atoms with van der Waals surface area (Å²) in [6.45, 7) is 0.535. The first-order valence-electron chi connectivity index (χ1n) is 5.54. The number of carbonyl (C=O) groups excluding carboxylic acids is 1. The summed E-state index contributed by atoms with van der Waals surface area (Å²) in [6, 6.07) is 6.96. The van der Waals surface area contributed by atoms with Crippen LogP contribution in [0.5, 0.6) is 0 Å². The highest BCUT2D eigenvalue weighted by atomic mass is 16.5. The van der Waals surface area contributed by atoms with Crippen LogP contribution in [0, 0.1) is 0 Å². The highest BCUT2D eigenvalue weighted by molar-refractivity contribution is 5.89. The van der Waals surface area contributed by atoms with Crippen molar-refractivity contribution in [3.63, 3.8) is 0 Å². The number of hydrogen-bond donors (Lipinski definition) is 1. The molecule has 0 spiro atoms. The van der Waals surface area contributed by atoms with Gasteiger partial charge in [-0.05, 0) is 30.8 Å². The average molecular weight is 246 g/mol. The Morgan fingerprint density at radius 3 is 2.72 bits per heavy atom. The first kappa shape index (κ1) is 12.3. The molecule has 6 heteroatoms. The second-order valence-electron chi connectivity index (χ2n) is 3.71. The molecule has 0 bridgehead atoms. The van der Waals surface area contributed by atoms with Crippen LogP contribution >= 0.6 is 0 Å². The van der Waals surface area contributed by atoms with E-state index in [1.165, 1.54) is 7.11 Å². The molecule has 6 nitrogen and oxygen atoms in total. The van der Waals surface area contributed by atoms with E-state index in [1.807, 2.05) is 0 Å². The van der Waals surface area contributed by atoms with E-state index in [0.29, 0.717) is 18.5 Å². The van der Waals surface area contributed by atoms with Crippen molar-refractivity contribution in [3.05, 3.63) is 41.7 Å². The van der Waals surface area contributed by atoms with Gasteiger partial charge in [-0.2, -0.15) is 0 Å². The fourth-order valence-electron chi connectivity index (χ4n) is 1.65. The van der Waals surface area contributed by atoms with Crippen molar-refractivity contribution < 1.29 is 9.53 Å². The summed E-state index contributed by atoms with van der Waals surface area (Å²) < 4.78 is 6.34. The molecular weight excluding hydrogens is 232 g/mol. The van der Waals surface area contributed by atoms with Crippen molar-refractivity contribution in [2.75, 3.05) is 13.7 Å². The molecule has 0 radical (unpaired) electrons. The van der Waals surface area contributed by atoms with Gasteiger partial charge in [0.15, 0.2) is 0 Å². The predicted octanol–water partition coefficient (Wildman–Crippen LogP) is 0.555. The topological polar surface area (TPSA) is 83.0 Å². The number of hydrogen-bond acceptors (Lipinski definition) is 5.